The highest BCUT2D eigenvalue weighted by atomic mass is 32.1. The predicted octanol–water partition coefficient (Wildman–Crippen LogP) is 3.86. The summed E-state index contributed by atoms with van der Waals surface area (Å²) in [5.74, 6) is 0.490. The molecule has 0 aliphatic rings. The highest BCUT2D eigenvalue weighted by Crippen LogP contribution is 2.30. The second kappa shape index (κ2) is 6.85. The van der Waals surface area contributed by atoms with Crippen LogP contribution in [0.3, 0.4) is 0 Å². The Hall–Kier alpha value is -3.19. The number of carbonyl (C=O) groups excluding carboxylic acids is 1. The number of carbonyl (C=O) groups is 1. The summed E-state index contributed by atoms with van der Waals surface area (Å²) >= 11 is 1.48. The lowest BCUT2D eigenvalue weighted by Gasteiger charge is -2.02. The highest BCUT2D eigenvalue weighted by Gasteiger charge is 2.17. The fourth-order valence-corrected chi connectivity index (χ4v) is 3.91. The SMILES string of the molecule is COC(=O)c1cc(Cn2cnc3sc(-c4ccccc4)cc3c2=O)oc1C. The van der Waals surface area contributed by atoms with Crippen LogP contribution in [0, 0.1) is 6.92 Å². The summed E-state index contributed by atoms with van der Waals surface area (Å²) in [6.45, 7) is 1.88. The van der Waals surface area contributed by atoms with Gasteiger partial charge >= 0.3 is 5.97 Å². The van der Waals surface area contributed by atoms with E-state index in [9.17, 15) is 9.59 Å². The number of fused-ring (bicyclic) bond motifs is 1. The number of hydrogen-bond donors (Lipinski definition) is 0. The van der Waals surface area contributed by atoms with Gasteiger partial charge in [-0.25, -0.2) is 9.78 Å². The topological polar surface area (TPSA) is 74.3 Å². The number of benzene rings is 1. The molecule has 0 unspecified atom stereocenters. The van der Waals surface area contributed by atoms with Crippen molar-refractivity contribution in [3.63, 3.8) is 0 Å². The summed E-state index contributed by atoms with van der Waals surface area (Å²) in [4.78, 5) is 30.7. The molecule has 0 aliphatic carbocycles. The minimum absolute atomic E-state index is 0.146. The molecule has 1 aromatic carbocycles. The molecule has 0 aliphatic heterocycles. The van der Waals surface area contributed by atoms with Crippen LogP contribution in [-0.4, -0.2) is 22.6 Å². The van der Waals surface area contributed by atoms with E-state index >= 15 is 0 Å². The quantitative estimate of drug-likeness (QED) is 0.503. The van der Waals surface area contributed by atoms with Gasteiger partial charge in [-0.1, -0.05) is 30.3 Å². The largest absolute Gasteiger partial charge is 0.465 e. The van der Waals surface area contributed by atoms with Crippen LogP contribution in [0.25, 0.3) is 20.7 Å². The summed E-state index contributed by atoms with van der Waals surface area (Å²) < 4.78 is 11.8. The number of ether oxygens (including phenoxy) is 1. The van der Waals surface area contributed by atoms with Crippen LogP contribution in [0.2, 0.25) is 0 Å². The minimum Gasteiger partial charge on any atom is -0.465 e. The minimum atomic E-state index is -0.464. The Morgan fingerprint density at radius 1 is 1.26 bits per heavy atom. The molecule has 3 aromatic heterocycles. The van der Waals surface area contributed by atoms with Gasteiger partial charge in [0.2, 0.25) is 0 Å². The summed E-state index contributed by atoms with van der Waals surface area (Å²) in [6.07, 6.45) is 1.51. The molecule has 0 N–H and O–H groups in total. The Labute approximate surface area is 158 Å². The number of aryl methyl sites for hydroxylation is 1. The van der Waals surface area contributed by atoms with Crippen molar-refractivity contribution in [2.75, 3.05) is 7.11 Å². The first-order valence-electron chi connectivity index (χ1n) is 8.29. The zero-order valence-electron chi connectivity index (χ0n) is 14.8. The molecule has 3 heterocycles. The molecule has 27 heavy (non-hydrogen) atoms. The maximum Gasteiger partial charge on any atom is 0.341 e. The molecule has 0 saturated carbocycles. The first-order valence-corrected chi connectivity index (χ1v) is 9.10. The van der Waals surface area contributed by atoms with Crippen molar-refractivity contribution in [2.45, 2.75) is 13.5 Å². The van der Waals surface area contributed by atoms with E-state index in [0.717, 1.165) is 10.4 Å². The zero-order chi connectivity index (χ0) is 19.0. The lowest BCUT2D eigenvalue weighted by molar-refractivity contribution is 0.0599. The number of hydrogen-bond acceptors (Lipinski definition) is 6. The standard InChI is InChI=1S/C20H16N2O4S/c1-12-15(20(24)25-2)8-14(26-12)10-22-11-21-18-16(19(22)23)9-17(27-18)13-6-4-3-5-7-13/h3-9,11H,10H2,1-2H3. The van der Waals surface area contributed by atoms with Crippen molar-refractivity contribution in [3.05, 3.63) is 76.2 Å². The summed E-state index contributed by atoms with van der Waals surface area (Å²) in [6, 6.07) is 13.4. The Morgan fingerprint density at radius 2 is 2.04 bits per heavy atom. The maximum atomic E-state index is 12.9. The lowest BCUT2D eigenvalue weighted by atomic mass is 10.2. The number of nitrogens with zero attached hydrogens (tertiary/aromatic N) is 2. The number of methoxy groups -OCH3 is 1. The highest BCUT2D eigenvalue weighted by molar-refractivity contribution is 7.21. The average Bonchev–Trinajstić information content (AvgIpc) is 3.28. The van der Waals surface area contributed by atoms with Crippen molar-refractivity contribution in [1.29, 1.82) is 0 Å². The van der Waals surface area contributed by atoms with Crippen LogP contribution in [0.4, 0.5) is 0 Å². The monoisotopic (exact) mass is 380 g/mol. The van der Waals surface area contributed by atoms with E-state index in [1.54, 1.807) is 13.0 Å². The molecule has 0 saturated heterocycles. The first kappa shape index (κ1) is 17.2. The summed E-state index contributed by atoms with van der Waals surface area (Å²) in [5, 5.41) is 0.567. The number of aromatic nitrogens is 2. The zero-order valence-corrected chi connectivity index (χ0v) is 15.6. The molecule has 4 aromatic rings. The van der Waals surface area contributed by atoms with Gasteiger partial charge in [-0.2, -0.15) is 0 Å². The van der Waals surface area contributed by atoms with Gasteiger partial charge in [0, 0.05) is 4.88 Å². The molecular formula is C20H16N2O4S. The Kier molecular flexibility index (Phi) is 4.37. The first-order chi connectivity index (χ1) is 13.1. The van der Waals surface area contributed by atoms with Gasteiger partial charge < -0.3 is 9.15 Å². The predicted molar refractivity (Wildman–Crippen MR) is 103 cm³/mol. The molecule has 0 bridgehead atoms. The van der Waals surface area contributed by atoms with Gasteiger partial charge in [0.15, 0.2) is 0 Å². The molecule has 6 nitrogen and oxygen atoms in total. The molecule has 0 amide bonds. The van der Waals surface area contributed by atoms with Crippen molar-refractivity contribution in [1.82, 2.24) is 9.55 Å². The second-order valence-electron chi connectivity index (χ2n) is 6.05. The van der Waals surface area contributed by atoms with E-state index in [1.807, 2.05) is 36.4 Å². The van der Waals surface area contributed by atoms with Crippen molar-refractivity contribution in [3.8, 4) is 10.4 Å². The third-order valence-electron chi connectivity index (χ3n) is 4.28. The van der Waals surface area contributed by atoms with Gasteiger partial charge in [0.1, 0.15) is 21.9 Å². The van der Waals surface area contributed by atoms with E-state index < -0.39 is 5.97 Å². The third-order valence-corrected chi connectivity index (χ3v) is 5.37. The number of esters is 1. The number of thiophene rings is 1. The van der Waals surface area contributed by atoms with Crippen LogP contribution < -0.4 is 5.56 Å². The lowest BCUT2D eigenvalue weighted by Crippen LogP contribution is -2.20. The normalized spacial score (nSPS) is 11.0. The van der Waals surface area contributed by atoms with Crippen LogP contribution in [0.1, 0.15) is 21.9 Å². The number of furan rings is 1. The second-order valence-corrected chi connectivity index (χ2v) is 7.08. The van der Waals surface area contributed by atoms with E-state index in [-0.39, 0.29) is 12.1 Å². The molecule has 4 rings (SSSR count). The van der Waals surface area contributed by atoms with Gasteiger partial charge in [-0.05, 0) is 24.6 Å². The fourth-order valence-electron chi connectivity index (χ4n) is 2.92. The van der Waals surface area contributed by atoms with Crippen LogP contribution >= 0.6 is 11.3 Å². The molecule has 0 radical (unpaired) electrons. The summed E-state index contributed by atoms with van der Waals surface area (Å²) in [7, 11) is 1.32. The molecule has 0 spiro atoms. The van der Waals surface area contributed by atoms with E-state index in [2.05, 4.69) is 4.98 Å². The van der Waals surface area contributed by atoms with E-state index in [0.29, 0.717) is 27.3 Å². The molecule has 0 atom stereocenters. The molecule has 7 heteroatoms. The molecular weight excluding hydrogens is 364 g/mol. The summed E-state index contributed by atoms with van der Waals surface area (Å²) in [5.41, 5.74) is 1.26. The van der Waals surface area contributed by atoms with Crippen molar-refractivity contribution < 1.29 is 13.9 Å². The molecule has 0 fully saturated rings. The van der Waals surface area contributed by atoms with Crippen LogP contribution in [0.15, 0.2) is 58.0 Å². The Balaban J connectivity index is 1.70. The van der Waals surface area contributed by atoms with Gasteiger partial charge in [0.05, 0.1) is 25.4 Å². The van der Waals surface area contributed by atoms with Crippen LogP contribution in [-0.2, 0) is 11.3 Å². The van der Waals surface area contributed by atoms with E-state index in [1.165, 1.54) is 29.3 Å². The van der Waals surface area contributed by atoms with Crippen LogP contribution in [0.5, 0.6) is 0 Å². The van der Waals surface area contributed by atoms with E-state index in [4.69, 9.17) is 9.15 Å². The molecule has 136 valence electrons. The fraction of sp³-hybridized carbons (Fsp3) is 0.150. The van der Waals surface area contributed by atoms with Gasteiger partial charge in [0.25, 0.3) is 5.56 Å². The third kappa shape index (κ3) is 3.17. The van der Waals surface area contributed by atoms with Gasteiger partial charge in [-0.15, -0.1) is 11.3 Å². The Bertz CT molecular complexity index is 1190. The smallest absolute Gasteiger partial charge is 0.341 e. The van der Waals surface area contributed by atoms with Crippen molar-refractivity contribution >= 4 is 27.5 Å². The number of rotatable bonds is 4. The average molecular weight is 380 g/mol. The Morgan fingerprint density at radius 3 is 2.78 bits per heavy atom. The van der Waals surface area contributed by atoms with Gasteiger partial charge in [-0.3, -0.25) is 9.36 Å². The maximum absolute atomic E-state index is 12.9. The van der Waals surface area contributed by atoms with Crippen molar-refractivity contribution in [2.24, 2.45) is 0 Å².